The highest BCUT2D eigenvalue weighted by atomic mass is 16.5. The first-order valence-electron chi connectivity index (χ1n) is 7.88. The van der Waals surface area contributed by atoms with Gasteiger partial charge in [0, 0.05) is 0 Å². The van der Waals surface area contributed by atoms with Crippen LogP contribution in [0.25, 0.3) is 0 Å². The van der Waals surface area contributed by atoms with Gasteiger partial charge in [0.1, 0.15) is 0 Å². The van der Waals surface area contributed by atoms with Gasteiger partial charge in [0.25, 0.3) is 0 Å². The number of ether oxygens (including phenoxy) is 1. The minimum atomic E-state index is -0.530. The first-order chi connectivity index (χ1) is 11.6. The molecule has 3 aliphatic rings. The van der Waals surface area contributed by atoms with Crippen LogP contribution in [0.5, 0.6) is 0 Å². The summed E-state index contributed by atoms with van der Waals surface area (Å²) in [5.74, 6) is 1.33. The lowest BCUT2D eigenvalue weighted by molar-refractivity contribution is -0.123. The van der Waals surface area contributed by atoms with E-state index in [1.807, 2.05) is 0 Å². The maximum Gasteiger partial charge on any atom is 0.339 e. The molecule has 120 valence electrons. The fraction of sp³-hybridized carbons (Fsp3) is 0.316. The lowest BCUT2D eigenvalue weighted by atomic mass is 9.85. The predicted molar refractivity (Wildman–Crippen MR) is 85.8 cm³/mol. The first-order valence-corrected chi connectivity index (χ1v) is 7.88. The van der Waals surface area contributed by atoms with Crippen LogP contribution < -0.4 is 4.90 Å². The zero-order valence-corrected chi connectivity index (χ0v) is 12.8. The third kappa shape index (κ3) is 2.00. The molecule has 0 spiro atoms. The molecule has 0 unspecified atom stereocenters. The van der Waals surface area contributed by atoms with Gasteiger partial charge in [-0.1, -0.05) is 18.1 Å². The molecular formula is C19H15NO4. The second kappa shape index (κ2) is 5.34. The van der Waals surface area contributed by atoms with Gasteiger partial charge in [-0.05, 0) is 42.5 Å². The number of nitrogens with zero attached hydrogens (tertiary/aromatic N) is 1. The molecule has 2 fully saturated rings. The Balaban J connectivity index is 1.57. The van der Waals surface area contributed by atoms with E-state index in [4.69, 9.17) is 11.2 Å². The number of benzene rings is 1. The standard InChI is InChI=1S/C19H15NO4/c1-2-9-24-19(23)11-5-7-14(8-6-11)20-17(21)15-12-3-4-13(10-12)16(15)18(20)22/h1,3-8,12-13,15-16H,9-10H2/t12-,13+,15-,16-/m0/s1. The number of amides is 2. The van der Waals surface area contributed by atoms with Gasteiger partial charge >= 0.3 is 5.97 Å². The summed E-state index contributed by atoms with van der Waals surface area (Å²) in [6, 6.07) is 6.27. The van der Waals surface area contributed by atoms with E-state index in [0.29, 0.717) is 11.3 Å². The van der Waals surface area contributed by atoms with Crippen LogP contribution in [0.15, 0.2) is 36.4 Å². The third-order valence-electron chi connectivity index (χ3n) is 5.12. The fourth-order valence-corrected chi connectivity index (χ4v) is 4.09. The van der Waals surface area contributed by atoms with Crippen LogP contribution in [-0.2, 0) is 14.3 Å². The molecule has 1 saturated heterocycles. The number of anilines is 1. The molecule has 2 amide bonds. The van der Waals surface area contributed by atoms with Crippen molar-refractivity contribution >= 4 is 23.5 Å². The van der Waals surface area contributed by atoms with Crippen LogP contribution >= 0.6 is 0 Å². The summed E-state index contributed by atoms with van der Waals surface area (Å²) >= 11 is 0. The van der Waals surface area contributed by atoms with Crippen LogP contribution in [0.3, 0.4) is 0 Å². The maximum atomic E-state index is 12.7. The Labute approximate surface area is 139 Å². The largest absolute Gasteiger partial charge is 0.449 e. The number of carbonyl (C=O) groups excluding carboxylic acids is 3. The second-order valence-electron chi connectivity index (χ2n) is 6.34. The highest BCUT2D eigenvalue weighted by Crippen LogP contribution is 2.53. The second-order valence-corrected chi connectivity index (χ2v) is 6.34. The summed E-state index contributed by atoms with van der Waals surface area (Å²) in [6.45, 7) is -0.0944. The van der Waals surface area contributed by atoms with Crippen molar-refractivity contribution in [2.75, 3.05) is 11.5 Å². The van der Waals surface area contributed by atoms with Crippen molar-refractivity contribution in [2.45, 2.75) is 6.42 Å². The van der Waals surface area contributed by atoms with Gasteiger partial charge in [-0.3, -0.25) is 14.5 Å². The Morgan fingerprint density at radius 1 is 1.12 bits per heavy atom. The van der Waals surface area contributed by atoms with Crippen molar-refractivity contribution in [3.8, 4) is 12.3 Å². The number of hydrogen-bond donors (Lipinski definition) is 0. The summed E-state index contributed by atoms with van der Waals surface area (Å²) in [7, 11) is 0. The van der Waals surface area contributed by atoms with Crippen molar-refractivity contribution in [1.82, 2.24) is 0 Å². The number of carbonyl (C=O) groups is 3. The Hall–Kier alpha value is -2.87. The van der Waals surface area contributed by atoms with Gasteiger partial charge in [0.05, 0.1) is 23.1 Å². The van der Waals surface area contributed by atoms with Gasteiger partial charge in [-0.25, -0.2) is 4.79 Å². The average Bonchev–Trinajstić information content (AvgIpc) is 3.27. The maximum absolute atomic E-state index is 12.7. The molecule has 5 heteroatoms. The molecule has 2 aliphatic carbocycles. The van der Waals surface area contributed by atoms with Crippen molar-refractivity contribution < 1.29 is 19.1 Å². The molecule has 4 atom stereocenters. The molecule has 5 nitrogen and oxygen atoms in total. The molecule has 1 saturated carbocycles. The number of imide groups is 1. The van der Waals surface area contributed by atoms with Crippen molar-refractivity contribution in [3.05, 3.63) is 42.0 Å². The molecule has 1 aromatic rings. The monoisotopic (exact) mass is 321 g/mol. The predicted octanol–water partition coefficient (Wildman–Crippen LogP) is 1.79. The number of terminal acetylenes is 1. The number of rotatable bonds is 3. The van der Waals surface area contributed by atoms with Gasteiger partial charge in [-0.2, -0.15) is 0 Å². The molecular weight excluding hydrogens is 306 g/mol. The van der Waals surface area contributed by atoms with E-state index in [-0.39, 0.29) is 42.1 Å². The van der Waals surface area contributed by atoms with Crippen molar-refractivity contribution in [3.63, 3.8) is 0 Å². The van der Waals surface area contributed by atoms with E-state index in [2.05, 4.69) is 18.1 Å². The number of esters is 1. The van der Waals surface area contributed by atoms with E-state index >= 15 is 0 Å². The van der Waals surface area contributed by atoms with Crippen LogP contribution in [0.2, 0.25) is 0 Å². The Kier molecular flexibility index (Phi) is 3.27. The van der Waals surface area contributed by atoms with Crippen LogP contribution in [0, 0.1) is 36.0 Å². The summed E-state index contributed by atoms with van der Waals surface area (Å²) in [5, 5.41) is 0. The molecule has 0 aromatic heterocycles. The van der Waals surface area contributed by atoms with Crippen LogP contribution in [0.4, 0.5) is 5.69 Å². The third-order valence-corrected chi connectivity index (χ3v) is 5.12. The molecule has 0 N–H and O–H groups in total. The van der Waals surface area contributed by atoms with E-state index in [1.54, 1.807) is 12.1 Å². The van der Waals surface area contributed by atoms with Gasteiger partial charge < -0.3 is 4.74 Å². The van der Waals surface area contributed by atoms with Crippen molar-refractivity contribution in [2.24, 2.45) is 23.7 Å². The smallest absolute Gasteiger partial charge is 0.339 e. The first kappa shape index (κ1) is 14.7. The molecule has 24 heavy (non-hydrogen) atoms. The lowest BCUT2D eigenvalue weighted by Gasteiger charge is -2.17. The number of fused-ring (bicyclic) bond motifs is 5. The topological polar surface area (TPSA) is 63.7 Å². The highest BCUT2D eigenvalue weighted by Gasteiger charge is 2.59. The molecule has 1 aromatic carbocycles. The SMILES string of the molecule is C#CCOC(=O)c1ccc(N2C(=O)[C@@H]3[C@@H](C2=O)[C@H]2C=C[C@@H]3C2)cc1. The van der Waals surface area contributed by atoms with E-state index in [0.717, 1.165) is 6.42 Å². The Bertz CT molecular complexity index is 772. The summed E-state index contributed by atoms with van der Waals surface area (Å²) in [6.07, 6.45) is 10.1. The number of hydrogen-bond acceptors (Lipinski definition) is 4. The van der Waals surface area contributed by atoms with E-state index < -0.39 is 5.97 Å². The van der Waals surface area contributed by atoms with Crippen molar-refractivity contribution in [1.29, 1.82) is 0 Å². The quantitative estimate of drug-likeness (QED) is 0.368. The zero-order valence-electron chi connectivity index (χ0n) is 12.8. The van der Waals surface area contributed by atoms with Crippen LogP contribution in [-0.4, -0.2) is 24.4 Å². The minimum Gasteiger partial charge on any atom is -0.449 e. The Morgan fingerprint density at radius 3 is 2.25 bits per heavy atom. The average molecular weight is 321 g/mol. The van der Waals surface area contributed by atoms with E-state index in [1.165, 1.54) is 17.0 Å². The molecule has 2 bridgehead atoms. The van der Waals surface area contributed by atoms with Gasteiger partial charge in [-0.15, -0.1) is 6.42 Å². The normalized spacial score (nSPS) is 29.7. The lowest BCUT2D eigenvalue weighted by Crippen LogP contribution is -2.32. The van der Waals surface area contributed by atoms with Gasteiger partial charge in [0.15, 0.2) is 6.61 Å². The molecule has 1 heterocycles. The summed E-state index contributed by atoms with van der Waals surface area (Å²) in [4.78, 5) is 38.4. The molecule has 1 aliphatic heterocycles. The van der Waals surface area contributed by atoms with E-state index in [9.17, 15) is 14.4 Å². The minimum absolute atomic E-state index is 0.0944. The highest BCUT2D eigenvalue weighted by molar-refractivity contribution is 6.22. The summed E-state index contributed by atoms with van der Waals surface area (Å²) < 4.78 is 4.85. The molecule has 4 rings (SSSR count). The molecule has 0 radical (unpaired) electrons. The van der Waals surface area contributed by atoms with Gasteiger partial charge in [0.2, 0.25) is 11.8 Å². The Morgan fingerprint density at radius 2 is 1.71 bits per heavy atom. The zero-order chi connectivity index (χ0) is 16.8. The summed E-state index contributed by atoms with van der Waals surface area (Å²) in [5.41, 5.74) is 0.822. The van der Waals surface area contributed by atoms with Crippen LogP contribution in [0.1, 0.15) is 16.8 Å². The number of allylic oxidation sites excluding steroid dienone is 2. The fourth-order valence-electron chi connectivity index (χ4n) is 4.09.